The lowest BCUT2D eigenvalue weighted by atomic mass is 10.1. The minimum absolute atomic E-state index is 0.0378. The number of carbonyl (C=O) groups is 1. The molecule has 2 aromatic rings. The van der Waals surface area contributed by atoms with Crippen molar-refractivity contribution in [3.63, 3.8) is 0 Å². The highest BCUT2D eigenvalue weighted by atomic mass is 16.3. The van der Waals surface area contributed by atoms with Gasteiger partial charge in [-0.2, -0.15) is 0 Å². The van der Waals surface area contributed by atoms with E-state index in [4.69, 9.17) is 0 Å². The van der Waals surface area contributed by atoms with Crippen LogP contribution in [0.2, 0.25) is 0 Å². The molecule has 5 heteroatoms. The number of nitrogens with one attached hydrogen (secondary N) is 2. The van der Waals surface area contributed by atoms with Gasteiger partial charge in [0.25, 0.3) is 11.5 Å². The Kier molecular flexibility index (Phi) is 4.32. The molecule has 0 aliphatic rings. The predicted molar refractivity (Wildman–Crippen MR) is 75.5 cm³/mol. The number of benzene rings is 1. The molecule has 3 N–H and O–H groups in total. The second-order valence-electron chi connectivity index (χ2n) is 4.52. The summed E-state index contributed by atoms with van der Waals surface area (Å²) in [4.78, 5) is 26.0. The Bertz CT molecular complexity index is 650. The summed E-state index contributed by atoms with van der Waals surface area (Å²) in [7, 11) is 0. The zero-order valence-corrected chi connectivity index (χ0v) is 11.1. The molecule has 1 aromatic heterocycles. The maximum absolute atomic E-state index is 11.9. The van der Waals surface area contributed by atoms with Gasteiger partial charge in [0.15, 0.2) is 0 Å². The smallest absolute Gasteiger partial charge is 0.260 e. The first kappa shape index (κ1) is 14.0. The molecule has 1 heterocycles. The largest absolute Gasteiger partial charge is 0.387 e. The van der Waals surface area contributed by atoms with Crippen LogP contribution >= 0.6 is 0 Å². The molecule has 0 bridgehead atoms. The van der Waals surface area contributed by atoms with E-state index in [-0.39, 0.29) is 12.1 Å². The molecule has 104 valence electrons. The lowest BCUT2D eigenvalue weighted by Crippen LogP contribution is -2.32. The van der Waals surface area contributed by atoms with Crippen LogP contribution in [0.15, 0.2) is 47.3 Å². The van der Waals surface area contributed by atoms with E-state index in [0.29, 0.717) is 11.3 Å². The van der Waals surface area contributed by atoms with E-state index >= 15 is 0 Å². The van der Waals surface area contributed by atoms with Crippen molar-refractivity contribution in [2.45, 2.75) is 13.0 Å². The number of amides is 1. The van der Waals surface area contributed by atoms with E-state index in [1.165, 1.54) is 6.07 Å². The lowest BCUT2D eigenvalue weighted by Gasteiger charge is -2.12. The third-order valence-electron chi connectivity index (χ3n) is 2.94. The van der Waals surface area contributed by atoms with Crippen molar-refractivity contribution < 1.29 is 9.90 Å². The van der Waals surface area contributed by atoms with Crippen molar-refractivity contribution >= 4 is 5.91 Å². The zero-order valence-electron chi connectivity index (χ0n) is 11.1. The van der Waals surface area contributed by atoms with E-state index in [2.05, 4.69) is 10.3 Å². The third kappa shape index (κ3) is 3.33. The molecule has 1 aromatic carbocycles. The van der Waals surface area contributed by atoms with Crippen molar-refractivity contribution in [2.24, 2.45) is 0 Å². The van der Waals surface area contributed by atoms with Crippen LogP contribution in [0.1, 0.15) is 27.7 Å². The van der Waals surface area contributed by atoms with Gasteiger partial charge < -0.3 is 15.4 Å². The molecule has 0 saturated heterocycles. The van der Waals surface area contributed by atoms with E-state index in [1.807, 2.05) is 18.2 Å². The van der Waals surface area contributed by atoms with Crippen LogP contribution in [-0.2, 0) is 0 Å². The maximum atomic E-state index is 11.9. The topological polar surface area (TPSA) is 82.2 Å². The second-order valence-corrected chi connectivity index (χ2v) is 4.52. The molecule has 0 radical (unpaired) electrons. The van der Waals surface area contributed by atoms with Crippen molar-refractivity contribution in [2.75, 3.05) is 6.54 Å². The monoisotopic (exact) mass is 272 g/mol. The fourth-order valence-corrected chi connectivity index (χ4v) is 1.83. The summed E-state index contributed by atoms with van der Waals surface area (Å²) < 4.78 is 0. The Morgan fingerprint density at radius 1 is 1.25 bits per heavy atom. The van der Waals surface area contributed by atoms with Gasteiger partial charge >= 0.3 is 0 Å². The first-order valence-electron chi connectivity index (χ1n) is 6.29. The number of aliphatic hydroxyl groups is 1. The van der Waals surface area contributed by atoms with E-state index in [9.17, 15) is 14.7 Å². The fourth-order valence-electron chi connectivity index (χ4n) is 1.83. The molecule has 20 heavy (non-hydrogen) atoms. The second kappa shape index (κ2) is 6.16. The summed E-state index contributed by atoms with van der Waals surface area (Å²) in [6.07, 6.45) is -0.801. The van der Waals surface area contributed by atoms with Crippen LogP contribution in [0.3, 0.4) is 0 Å². The lowest BCUT2D eigenvalue weighted by molar-refractivity contribution is 0.0915. The first-order valence-corrected chi connectivity index (χ1v) is 6.29. The normalized spacial score (nSPS) is 11.9. The minimum Gasteiger partial charge on any atom is -0.387 e. The molecular formula is C15H16N2O3. The summed E-state index contributed by atoms with van der Waals surface area (Å²) in [5.41, 5.74) is 1.01. The van der Waals surface area contributed by atoms with Gasteiger partial charge in [0, 0.05) is 12.2 Å². The molecule has 0 aliphatic heterocycles. The highest BCUT2D eigenvalue weighted by molar-refractivity contribution is 5.93. The number of aromatic amines is 1. The van der Waals surface area contributed by atoms with Crippen LogP contribution in [0.5, 0.6) is 0 Å². The number of hydrogen-bond donors (Lipinski definition) is 3. The molecule has 2 rings (SSSR count). The summed E-state index contributed by atoms with van der Waals surface area (Å²) >= 11 is 0. The van der Waals surface area contributed by atoms with Gasteiger partial charge in [0.05, 0.1) is 6.10 Å². The van der Waals surface area contributed by atoms with Crippen molar-refractivity contribution in [1.29, 1.82) is 0 Å². The molecule has 5 nitrogen and oxygen atoms in total. The number of aliphatic hydroxyl groups excluding tert-OH is 1. The highest BCUT2D eigenvalue weighted by Gasteiger charge is 2.13. The van der Waals surface area contributed by atoms with Crippen LogP contribution < -0.4 is 10.9 Å². The number of hydrogen-bond acceptors (Lipinski definition) is 3. The molecule has 1 atom stereocenters. The van der Waals surface area contributed by atoms with Gasteiger partial charge in [-0.3, -0.25) is 9.59 Å². The average molecular weight is 272 g/mol. The molecule has 0 saturated carbocycles. The Balaban J connectivity index is 2.00. The number of H-pyrrole nitrogens is 1. The van der Waals surface area contributed by atoms with Crippen molar-refractivity contribution in [3.8, 4) is 0 Å². The van der Waals surface area contributed by atoms with Crippen LogP contribution in [0, 0.1) is 6.92 Å². The highest BCUT2D eigenvalue weighted by Crippen LogP contribution is 2.10. The molecule has 1 unspecified atom stereocenters. The van der Waals surface area contributed by atoms with Gasteiger partial charge in [0.2, 0.25) is 0 Å². The van der Waals surface area contributed by atoms with Crippen molar-refractivity contribution in [1.82, 2.24) is 10.3 Å². The van der Waals surface area contributed by atoms with Gasteiger partial charge in [-0.05, 0) is 24.6 Å². The van der Waals surface area contributed by atoms with Gasteiger partial charge in [0.1, 0.15) is 5.56 Å². The van der Waals surface area contributed by atoms with Crippen LogP contribution in [-0.4, -0.2) is 22.5 Å². The molecule has 0 aliphatic carbocycles. The first-order chi connectivity index (χ1) is 9.58. The Hall–Kier alpha value is -2.40. The van der Waals surface area contributed by atoms with Crippen molar-refractivity contribution in [3.05, 3.63) is 69.6 Å². The fraction of sp³-hybridized carbons (Fsp3) is 0.200. The summed E-state index contributed by atoms with van der Waals surface area (Å²) in [6, 6.07) is 12.1. The predicted octanol–water partition coefficient (Wildman–Crippen LogP) is 1.15. The van der Waals surface area contributed by atoms with Crippen LogP contribution in [0.25, 0.3) is 0 Å². The standard InChI is InChI=1S/C15H16N2O3/c1-10-7-8-12(15(20)17-10)14(19)16-9-13(18)11-5-3-2-4-6-11/h2-8,13,18H,9H2,1H3,(H,16,19)(H,17,20). The maximum Gasteiger partial charge on any atom is 0.260 e. The van der Waals surface area contributed by atoms with E-state index < -0.39 is 17.6 Å². The van der Waals surface area contributed by atoms with Gasteiger partial charge in [-0.1, -0.05) is 30.3 Å². The SMILES string of the molecule is Cc1ccc(C(=O)NCC(O)c2ccccc2)c(=O)[nH]1. The summed E-state index contributed by atoms with van der Waals surface area (Å²) in [5.74, 6) is -0.499. The number of rotatable bonds is 4. The minimum atomic E-state index is -0.801. The Morgan fingerprint density at radius 3 is 2.60 bits per heavy atom. The van der Waals surface area contributed by atoms with Gasteiger partial charge in [-0.15, -0.1) is 0 Å². The molecule has 0 spiro atoms. The summed E-state index contributed by atoms with van der Waals surface area (Å²) in [5, 5.41) is 12.5. The Morgan fingerprint density at radius 2 is 1.95 bits per heavy atom. The number of aryl methyl sites for hydroxylation is 1. The number of pyridine rings is 1. The average Bonchev–Trinajstić information content (AvgIpc) is 2.45. The zero-order chi connectivity index (χ0) is 14.5. The molecule has 0 fully saturated rings. The van der Waals surface area contributed by atoms with Crippen LogP contribution in [0.4, 0.5) is 0 Å². The molecule has 1 amide bonds. The Labute approximate surface area is 116 Å². The quantitative estimate of drug-likeness (QED) is 0.780. The van der Waals surface area contributed by atoms with Gasteiger partial charge in [-0.25, -0.2) is 0 Å². The number of carbonyl (C=O) groups excluding carboxylic acids is 1. The third-order valence-corrected chi connectivity index (χ3v) is 2.94. The van der Waals surface area contributed by atoms with E-state index in [1.54, 1.807) is 25.1 Å². The summed E-state index contributed by atoms with van der Waals surface area (Å²) in [6.45, 7) is 1.79. The molecular weight excluding hydrogens is 256 g/mol. The number of aromatic nitrogens is 1. The van der Waals surface area contributed by atoms with E-state index in [0.717, 1.165) is 0 Å².